The standard InChI is InChI=1S/C23H22N2O4S/c1-25-15-14-17-10-7-12-19(21(17)22(25)23(24)26)29-30(27,28)20-13-6-5-11-18(20)16-8-3-2-4-9-16/h2-13,22H,14-15H2,1H3,(H2,24,26). The van der Waals surface area contributed by atoms with Crippen LogP contribution >= 0.6 is 0 Å². The molecule has 0 aromatic heterocycles. The SMILES string of the molecule is CN1CCc2cccc(OS(=O)(=O)c3ccccc3-c3ccccc3)c2C1C(N)=O. The molecule has 0 radical (unpaired) electrons. The van der Waals surface area contributed by atoms with Crippen LogP contribution < -0.4 is 9.92 Å². The Balaban J connectivity index is 1.80. The molecule has 0 fully saturated rings. The fourth-order valence-electron chi connectivity index (χ4n) is 3.90. The predicted molar refractivity (Wildman–Crippen MR) is 114 cm³/mol. The van der Waals surface area contributed by atoms with Gasteiger partial charge in [-0.05, 0) is 36.7 Å². The first-order valence-corrected chi connectivity index (χ1v) is 11.0. The zero-order valence-electron chi connectivity index (χ0n) is 16.5. The molecule has 30 heavy (non-hydrogen) atoms. The van der Waals surface area contributed by atoms with Gasteiger partial charge in [-0.25, -0.2) is 0 Å². The normalized spacial score (nSPS) is 16.6. The number of carbonyl (C=O) groups excluding carboxylic acids is 1. The molecule has 2 N–H and O–H groups in total. The summed E-state index contributed by atoms with van der Waals surface area (Å²) in [6.45, 7) is 0.646. The van der Waals surface area contributed by atoms with E-state index in [4.69, 9.17) is 9.92 Å². The third kappa shape index (κ3) is 3.69. The Bertz CT molecular complexity index is 1190. The van der Waals surface area contributed by atoms with Gasteiger partial charge in [0.15, 0.2) is 0 Å². The maximum absolute atomic E-state index is 13.3. The van der Waals surface area contributed by atoms with E-state index in [9.17, 15) is 13.2 Å². The largest absolute Gasteiger partial charge is 0.379 e. The summed E-state index contributed by atoms with van der Waals surface area (Å²) >= 11 is 0. The molecule has 3 aromatic rings. The summed E-state index contributed by atoms with van der Waals surface area (Å²) in [4.78, 5) is 14.0. The van der Waals surface area contributed by atoms with Crippen LogP contribution in [0.15, 0.2) is 77.7 Å². The van der Waals surface area contributed by atoms with E-state index in [2.05, 4.69) is 0 Å². The fourth-order valence-corrected chi connectivity index (χ4v) is 5.07. The number of benzene rings is 3. The Hall–Kier alpha value is -3.16. The number of likely N-dealkylation sites (N-methyl/N-ethyl adjacent to an activating group) is 1. The van der Waals surface area contributed by atoms with Crippen LogP contribution in [-0.2, 0) is 21.3 Å². The third-order valence-electron chi connectivity index (χ3n) is 5.31. The number of nitrogens with zero attached hydrogens (tertiary/aromatic N) is 1. The number of carbonyl (C=O) groups is 1. The van der Waals surface area contributed by atoms with Crippen LogP contribution in [0.1, 0.15) is 17.2 Å². The van der Waals surface area contributed by atoms with Crippen molar-refractivity contribution in [3.63, 3.8) is 0 Å². The number of primary amides is 1. The Morgan fingerprint density at radius 1 is 1.00 bits per heavy atom. The van der Waals surface area contributed by atoms with Gasteiger partial charge in [0, 0.05) is 17.7 Å². The summed E-state index contributed by atoms with van der Waals surface area (Å²) in [5.41, 5.74) is 8.32. The smallest absolute Gasteiger partial charge is 0.339 e. The second-order valence-corrected chi connectivity index (χ2v) is 8.78. The molecule has 1 amide bonds. The molecule has 154 valence electrons. The van der Waals surface area contributed by atoms with Gasteiger partial charge in [0.05, 0.1) is 0 Å². The summed E-state index contributed by atoms with van der Waals surface area (Å²) in [5.74, 6) is -0.415. The molecule has 4 rings (SSSR count). The van der Waals surface area contributed by atoms with Gasteiger partial charge in [-0.1, -0.05) is 60.7 Å². The molecule has 0 saturated carbocycles. The van der Waals surface area contributed by atoms with E-state index >= 15 is 0 Å². The monoisotopic (exact) mass is 422 g/mol. The molecule has 7 heteroatoms. The lowest BCUT2D eigenvalue weighted by Crippen LogP contribution is -2.40. The number of nitrogens with two attached hydrogens (primary N) is 1. The van der Waals surface area contributed by atoms with E-state index in [0.29, 0.717) is 24.1 Å². The second-order valence-electron chi connectivity index (χ2n) is 7.26. The van der Waals surface area contributed by atoms with Crippen molar-refractivity contribution < 1.29 is 17.4 Å². The van der Waals surface area contributed by atoms with Gasteiger partial charge in [0.2, 0.25) is 5.91 Å². The maximum atomic E-state index is 13.3. The van der Waals surface area contributed by atoms with Gasteiger partial charge in [-0.3, -0.25) is 9.69 Å². The zero-order valence-corrected chi connectivity index (χ0v) is 17.3. The molecule has 1 aliphatic heterocycles. The molecule has 1 heterocycles. The van der Waals surface area contributed by atoms with Crippen molar-refractivity contribution in [2.24, 2.45) is 5.73 Å². The summed E-state index contributed by atoms with van der Waals surface area (Å²) in [7, 11) is -2.38. The van der Waals surface area contributed by atoms with Crippen LogP contribution in [-0.4, -0.2) is 32.8 Å². The van der Waals surface area contributed by atoms with Crippen molar-refractivity contribution in [1.29, 1.82) is 0 Å². The van der Waals surface area contributed by atoms with Crippen molar-refractivity contribution in [1.82, 2.24) is 4.90 Å². The second kappa shape index (κ2) is 7.93. The van der Waals surface area contributed by atoms with Gasteiger partial charge in [0.1, 0.15) is 16.7 Å². The summed E-state index contributed by atoms with van der Waals surface area (Å²) < 4.78 is 32.2. The maximum Gasteiger partial charge on any atom is 0.339 e. The van der Waals surface area contributed by atoms with E-state index in [0.717, 1.165) is 11.1 Å². The Morgan fingerprint density at radius 2 is 1.70 bits per heavy atom. The minimum Gasteiger partial charge on any atom is -0.379 e. The van der Waals surface area contributed by atoms with Crippen molar-refractivity contribution in [3.05, 3.63) is 83.9 Å². The van der Waals surface area contributed by atoms with E-state index in [-0.39, 0.29) is 10.6 Å². The van der Waals surface area contributed by atoms with E-state index < -0.39 is 22.1 Å². The first-order chi connectivity index (χ1) is 14.4. The zero-order chi connectivity index (χ0) is 21.3. The van der Waals surface area contributed by atoms with Gasteiger partial charge < -0.3 is 9.92 Å². The van der Waals surface area contributed by atoms with Crippen molar-refractivity contribution in [3.8, 4) is 16.9 Å². The number of amides is 1. The lowest BCUT2D eigenvalue weighted by molar-refractivity contribution is -0.123. The molecule has 0 spiro atoms. The Morgan fingerprint density at radius 3 is 2.43 bits per heavy atom. The predicted octanol–water partition coefficient (Wildman–Crippen LogP) is 3.14. The van der Waals surface area contributed by atoms with Crippen LogP contribution in [0, 0.1) is 0 Å². The molecule has 0 bridgehead atoms. The molecule has 0 saturated heterocycles. The van der Waals surface area contributed by atoms with E-state index in [1.807, 2.05) is 41.3 Å². The topological polar surface area (TPSA) is 89.7 Å². The molecular formula is C23H22N2O4S. The van der Waals surface area contributed by atoms with Crippen molar-refractivity contribution in [2.75, 3.05) is 13.6 Å². The highest BCUT2D eigenvalue weighted by atomic mass is 32.2. The van der Waals surface area contributed by atoms with Gasteiger partial charge in [0.25, 0.3) is 0 Å². The lowest BCUT2D eigenvalue weighted by Gasteiger charge is -2.33. The van der Waals surface area contributed by atoms with Crippen LogP contribution in [0.3, 0.4) is 0 Å². The van der Waals surface area contributed by atoms with Crippen molar-refractivity contribution in [2.45, 2.75) is 17.4 Å². The lowest BCUT2D eigenvalue weighted by atomic mass is 9.92. The number of rotatable bonds is 5. The van der Waals surface area contributed by atoms with Gasteiger partial charge >= 0.3 is 10.1 Å². The molecule has 1 unspecified atom stereocenters. The highest BCUT2D eigenvalue weighted by Crippen LogP contribution is 2.38. The van der Waals surface area contributed by atoms with Crippen LogP contribution in [0.2, 0.25) is 0 Å². The highest BCUT2D eigenvalue weighted by Gasteiger charge is 2.34. The summed E-state index contributed by atoms with van der Waals surface area (Å²) in [6, 6.07) is 20.4. The first-order valence-electron chi connectivity index (χ1n) is 9.59. The third-order valence-corrected chi connectivity index (χ3v) is 6.61. The molecule has 1 aliphatic rings. The highest BCUT2D eigenvalue weighted by molar-refractivity contribution is 7.87. The van der Waals surface area contributed by atoms with Crippen LogP contribution in [0.5, 0.6) is 5.75 Å². The molecule has 6 nitrogen and oxygen atoms in total. The quantitative estimate of drug-likeness (QED) is 0.638. The summed E-state index contributed by atoms with van der Waals surface area (Å²) in [5, 5.41) is 0. The summed E-state index contributed by atoms with van der Waals surface area (Å²) in [6.07, 6.45) is 0.674. The van der Waals surface area contributed by atoms with E-state index in [1.54, 1.807) is 37.4 Å². The van der Waals surface area contributed by atoms with Crippen molar-refractivity contribution >= 4 is 16.0 Å². The van der Waals surface area contributed by atoms with Crippen LogP contribution in [0.4, 0.5) is 0 Å². The fraction of sp³-hybridized carbons (Fsp3) is 0.174. The molecule has 1 atom stereocenters. The average Bonchev–Trinajstić information content (AvgIpc) is 2.74. The molecule has 0 aliphatic carbocycles. The van der Waals surface area contributed by atoms with Gasteiger partial charge in [-0.2, -0.15) is 8.42 Å². The number of fused-ring (bicyclic) bond motifs is 1. The number of hydrogen-bond acceptors (Lipinski definition) is 5. The Kier molecular flexibility index (Phi) is 5.32. The Labute approximate surface area is 176 Å². The molecule has 3 aromatic carbocycles. The minimum absolute atomic E-state index is 0.0635. The van der Waals surface area contributed by atoms with Gasteiger partial charge in [-0.15, -0.1) is 0 Å². The van der Waals surface area contributed by atoms with E-state index in [1.165, 1.54) is 6.07 Å². The first kappa shape index (κ1) is 20.1. The van der Waals surface area contributed by atoms with Crippen LogP contribution in [0.25, 0.3) is 11.1 Å². The number of hydrogen-bond donors (Lipinski definition) is 1. The minimum atomic E-state index is -4.16. The average molecular weight is 423 g/mol. The molecular weight excluding hydrogens is 400 g/mol.